The molecule has 3 nitrogen and oxygen atoms in total. The van der Waals surface area contributed by atoms with Gasteiger partial charge in [-0.1, -0.05) is 11.6 Å². The molecule has 0 radical (unpaired) electrons. The number of hydrogen-bond acceptors (Lipinski definition) is 3. The van der Waals surface area contributed by atoms with Crippen LogP contribution in [0.5, 0.6) is 5.75 Å². The minimum atomic E-state index is -3.75. The van der Waals surface area contributed by atoms with E-state index in [1.54, 1.807) is 6.92 Å². The Morgan fingerprint density at radius 1 is 1.36 bits per heavy atom. The van der Waals surface area contributed by atoms with E-state index in [9.17, 15) is 8.42 Å². The topological polar surface area (TPSA) is 43.4 Å². The van der Waals surface area contributed by atoms with Gasteiger partial charge in [0.05, 0.1) is 17.0 Å². The molecule has 0 amide bonds. The first kappa shape index (κ1) is 11.6. The van der Waals surface area contributed by atoms with Gasteiger partial charge in [-0.3, -0.25) is 0 Å². The maximum Gasteiger partial charge on any atom is 0.261 e. The molecule has 0 saturated heterocycles. The molecule has 1 aromatic carbocycles. The van der Waals surface area contributed by atoms with Crippen molar-refractivity contribution in [3.63, 3.8) is 0 Å². The molecular formula is C8H8Cl2O3S. The van der Waals surface area contributed by atoms with Gasteiger partial charge in [-0.15, -0.1) is 0 Å². The molecule has 0 spiro atoms. The molecule has 0 atom stereocenters. The Bertz CT molecular complexity index is 454. The molecule has 1 rings (SSSR count). The van der Waals surface area contributed by atoms with Gasteiger partial charge < -0.3 is 4.74 Å². The molecule has 0 unspecified atom stereocenters. The summed E-state index contributed by atoms with van der Waals surface area (Å²) < 4.78 is 27.1. The third-order valence-electron chi connectivity index (χ3n) is 1.71. The van der Waals surface area contributed by atoms with E-state index >= 15 is 0 Å². The number of hydrogen-bond donors (Lipinski definition) is 0. The van der Waals surface area contributed by atoms with Crippen molar-refractivity contribution >= 4 is 31.3 Å². The maximum absolute atomic E-state index is 11.1. The fourth-order valence-electron chi connectivity index (χ4n) is 1.05. The lowest BCUT2D eigenvalue weighted by atomic mass is 10.2. The third kappa shape index (κ3) is 2.32. The molecule has 0 fully saturated rings. The van der Waals surface area contributed by atoms with E-state index in [1.165, 1.54) is 19.2 Å². The molecular weight excluding hydrogens is 247 g/mol. The van der Waals surface area contributed by atoms with Crippen molar-refractivity contribution in [3.8, 4) is 5.75 Å². The van der Waals surface area contributed by atoms with Crippen molar-refractivity contribution in [1.29, 1.82) is 0 Å². The van der Waals surface area contributed by atoms with E-state index in [1.807, 2.05) is 0 Å². The smallest absolute Gasteiger partial charge is 0.261 e. The van der Waals surface area contributed by atoms with Gasteiger partial charge in [0.2, 0.25) is 0 Å². The number of benzene rings is 1. The molecule has 0 aromatic heterocycles. The van der Waals surface area contributed by atoms with E-state index < -0.39 is 9.05 Å². The molecule has 0 aliphatic carbocycles. The predicted molar refractivity (Wildman–Crippen MR) is 55.8 cm³/mol. The average molecular weight is 255 g/mol. The summed E-state index contributed by atoms with van der Waals surface area (Å²) in [6.45, 7) is 1.61. The molecule has 6 heteroatoms. The first-order valence-corrected chi connectivity index (χ1v) is 6.34. The van der Waals surface area contributed by atoms with Crippen LogP contribution in [0, 0.1) is 6.92 Å². The second-order valence-electron chi connectivity index (χ2n) is 2.69. The number of ether oxygens (including phenoxy) is 1. The van der Waals surface area contributed by atoms with Gasteiger partial charge in [-0.2, -0.15) is 0 Å². The van der Waals surface area contributed by atoms with Crippen LogP contribution in [0.25, 0.3) is 0 Å². The summed E-state index contributed by atoms with van der Waals surface area (Å²) >= 11 is 5.79. The molecule has 0 N–H and O–H groups in total. The Morgan fingerprint density at radius 2 is 1.93 bits per heavy atom. The first-order valence-electron chi connectivity index (χ1n) is 3.65. The summed E-state index contributed by atoms with van der Waals surface area (Å²) in [5, 5.41) is 0.356. The molecule has 0 aliphatic heterocycles. The van der Waals surface area contributed by atoms with Gasteiger partial charge in [0, 0.05) is 16.7 Å². The summed E-state index contributed by atoms with van der Waals surface area (Å²) in [5.41, 5.74) is 0.491. The Kier molecular flexibility index (Phi) is 3.29. The van der Waals surface area contributed by atoms with Crippen LogP contribution in [-0.4, -0.2) is 15.5 Å². The van der Waals surface area contributed by atoms with Crippen molar-refractivity contribution in [3.05, 3.63) is 22.7 Å². The van der Waals surface area contributed by atoms with E-state index in [-0.39, 0.29) is 10.6 Å². The molecule has 0 heterocycles. The summed E-state index contributed by atoms with van der Waals surface area (Å²) in [6.07, 6.45) is 0. The first-order chi connectivity index (χ1) is 6.36. The van der Waals surface area contributed by atoms with Gasteiger partial charge >= 0.3 is 0 Å². The average Bonchev–Trinajstić information content (AvgIpc) is 2.02. The summed E-state index contributed by atoms with van der Waals surface area (Å²) in [7, 11) is 2.87. The highest BCUT2D eigenvalue weighted by Crippen LogP contribution is 2.31. The van der Waals surface area contributed by atoms with Crippen molar-refractivity contribution < 1.29 is 13.2 Å². The third-order valence-corrected chi connectivity index (χ3v) is 3.47. The normalized spacial score (nSPS) is 11.4. The largest absolute Gasteiger partial charge is 0.495 e. The van der Waals surface area contributed by atoms with E-state index in [4.69, 9.17) is 27.0 Å². The number of halogens is 2. The highest BCUT2D eigenvalue weighted by atomic mass is 35.7. The Morgan fingerprint density at radius 3 is 2.36 bits per heavy atom. The van der Waals surface area contributed by atoms with Gasteiger partial charge in [0.1, 0.15) is 5.75 Å². The van der Waals surface area contributed by atoms with Crippen LogP contribution in [0.15, 0.2) is 17.0 Å². The zero-order chi connectivity index (χ0) is 10.9. The zero-order valence-corrected chi connectivity index (χ0v) is 9.87. The molecule has 14 heavy (non-hydrogen) atoms. The van der Waals surface area contributed by atoms with Crippen molar-refractivity contribution in [1.82, 2.24) is 0 Å². The standard InChI is InChI=1S/C8H8Cl2O3S/c1-5-3-6(9)7(13-2)4-8(5)14(10,11)12/h3-4H,1-2H3. The molecule has 0 aliphatic rings. The van der Waals surface area contributed by atoms with E-state index in [0.29, 0.717) is 10.6 Å². The molecule has 78 valence electrons. The quantitative estimate of drug-likeness (QED) is 0.763. The highest BCUT2D eigenvalue weighted by Gasteiger charge is 2.16. The fraction of sp³-hybridized carbons (Fsp3) is 0.250. The van der Waals surface area contributed by atoms with Crippen LogP contribution < -0.4 is 4.74 Å². The SMILES string of the molecule is COc1cc(S(=O)(=O)Cl)c(C)cc1Cl. The van der Waals surface area contributed by atoms with Crippen LogP contribution in [0.4, 0.5) is 0 Å². The Balaban J connectivity index is 3.47. The van der Waals surface area contributed by atoms with Crippen LogP contribution in [0.2, 0.25) is 5.02 Å². The van der Waals surface area contributed by atoms with Crippen molar-refractivity contribution in [2.45, 2.75) is 11.8 Å². The molecule has 1 aromatic rings. The van der Waals surface area contributed by atoms with E-state index in [2.05, 4.69) is 0 Å². The minimum Gasteiger partial charge on any atom is -0.495 e. The lowest BCUT2D eigenvalue weighted by molar-refractivity contribution is 0.413. The summed E-state index contributed by atoms with van der Waals surface area (Å²) in [4.78, 5) is 0.0143. The number of methoxy groups -OCH3 is 1. The lowest BCUT2D eigenvalue weighted by Gasteiger charge is -2.07. The van der Waals surface area contributed by atoms with Crippen molar-refractivity contribution in [2.75, 3.05) is 7.11 Å². The van der Waals surface area contributed by atoms with Crippen LogP contribution in [0.1, 0.15) is 5.56 Å². The van der Waals surface area contributed by atoms with Crippen molar-refractivity contribution in [2.24, 2.45) is 0 Å². The molecule has 0 saturated carbocycles. The second-order valence-corrected chi connectivity index (χ2v) is 5.63. The van der Waals surface area contributed by atoms with Gasteiger partial charge in [0.15, 0.2) is 0 Å². The number of rotatable bonds is 2. The van der Waals surface area contributed by atoms with Crippen LogP contribution >= 0.6 is 22.3 Å². The van der Waals surface area contributed by atoms with E-state index in [0.717, 1.165) is 0 Å². The highest BCUT2D eigenvalue weighted by molar-refractivity contribution is 8.13. The fourth-order valence-corrected chi connectivity index (χ4v) is 2.54. The van der Waals surface area contributed by atoms with Crippen LogP contribution in [0.3, 0.4) is 0 Å². The summed E-state index contributed by atoms with van der Waals surface area (Å²) in [6, 6.07) is 2.80. The maximum atomic E-state index is 11.1. The summed E-state index contributed by atoms with van der Waals surface area (Å²) in [5.74, 6) is 0.288. The van der Waals surface area contributed by atoms with Gasteiger partial charge in [-0.05, 0) is 18.6 Å². The monoisotopic (exact) mass is 254 g/mol. The van der Waals surface area contributed by atoms with Gasteiger partial charge in [-0.25, -0.2) is 8.42 Å². The molecule has 0 bridgehead atoms. The predicted octanol–water partition coefficient (Wildman–Crippen LogP) is 2.58. The minimum absolute atomic E-state index is 0.0143. The Labute approximate surface area is 92.0 Å². The van der Waals surface area contributed by atoms with Crippen LogP contribution in [-0.2, 0) is 9.05 Å². The second kappa shape index (κ2) is 3.96. The lowest BCUT2D eigenvalue weighted by Crippen LogP contribution is -1.96. The zero-order valence-electron chi connectivity index (χ0n) is 7.54. The number of aryl methyl sites for hydroxylation is 1. The van der Waals surface area contributed by atoms with Gasteiger partial charge in [0.25, 0.3) is 9.05 Å². The Hall–Kier alpha value is -0.450.